The zero-order valence-electron chi connectivity index (χ0n) is 7.81. The van der Waals surface area contributed by atoms with Crippen molar-refractivity contribution >= 4 is 11.6 Å². The van der Waals surface area contributed by atoms with Crippen LogP contribution < -0.4 is 0 Å². The van der Waals surface area contributed by atoms with Crippen LogP contribution in [0.1, 0.15) is 26.7 Å². The Balaban J connectivity index is 3.32. The van der Waals surface area contributed by atoms with Crippen LogP contribution in [0, 0.1) is 0 Å². The summed E-state index contributed by atoms with van der Waals surface area (Å²) in [7, 11) is 0. The smallest absolute Gasteiger partial charge is 0.196 e. The first kappa shape index (κ1) is 11.8. The van der Waals surface area contributed by atoms with E-state index in [0.29, 0.717) is 11.6 Å². The van der Waals surface area contributed by atoms with Crippen LogP contribution in [0.15, 0.2) is 12.3 Å². The van der Waals surface area contributed by atoms with Gasteiger partial charge in [0.15, 0.2) is 6.29 Å². The van der Waals surface area contributed by atoms with Gasteiger partial charge < -0.3 is 9.47 Å². The summed E-state index contributed by atoms with van der Waals surface area (Å²) >= 11 is 5.48. The third-order valence-electron chi connectivity index (χ3n) is 1.33. The lowest BCUT2D eigenvalue weighted by Gasteiger charge is -2.15. The molecule has 2 nitrogen and oxygen atoms in total. The van der Waals surface area contributed by atoms with Gasteiger partial charge in [0.25, 0.3) is 0 Å². The molecular weight excluding hydrogens is 176 g/mol. The van der Waals surface area contributed by atoms with Crippen molar-refractivity contribution in [1.82, 2.24) is 0 Å². The second kappa shape index (κ2) is 7.44. The SMILES string of the molecule is C=C(CCl)OC(C)OCCCC. The first-order valence-electron chi connectivity index (χ1n) is 4.22. The van der Waals surface area contributed by atoms with Gasteiger partial charge in [-0.15, -0.1) is 11.6 Å². The van der Waals surface area contributed by atoms with E-state index in [1.54, 1.807) is 0 Å². The van der Waals surface area contributed by atoms with Gasteiger partial charge in [0.1, 0.15) is 5.76 Å². The molecule has 0 heterocycles. The van der Waals surface area contributed by atoms with Crippen LogP contribution in [0.2, 0.25) is 0 Å². The number of rotatable bonds is 7. The van der Waals surface area contributed by atoms with Gasteiger partial charge in [-0.1, -0.05) is 19.9 Å². The average molecular weight is 193 g/mol. The van der Waals surface area contributed by atoms with Crippen molar-refractivity contribution in [3.8, 4) is 0 Å². The highest BCUT2D eigenvalue weighted by molar-refractivity contribution is 6.19. The third-order valence-corrected chi connectivity index (χ3v) is 1.63. The molecule has 0 amide bonds. The summed E-state index contributed by atoms with van der Waals surface area (Å²) in [6, 6.07) is 0. The van der Waals surface area contributed by atoms with Gasteiger partial charge in [-0.3, -0.25) is 0 Å². The second-order valence-electron chi connectivity index (χ2n) is 2.58. The fourth-order valence-corrected chi connectivity index (χ4v) is 0.757. The topological polar surface area (TPSA) is 18.5 Å². The molecule has 0 N–H and O–H groups in total. The quantitative estimate of drug-likeness (QED) is 0.267. The Morgan fingerprint density at radius 2 is 2.25 bits per heavy atom. The predicted octanol–water partition coefficient (Wildman–Crippen LogP) is 2.92. The Morgan fingerprint density at radius 1 is 1.58 bits per heavy atom. The van der Waals surface area contributed by atoms with Gasteiger partial charge in [-0.2, -0.15) is 0 Å². The van der Waals surface area contributed by atoms with Crippen molar-refractivity contribution in [3.63, 3.8) is 0 Å². The highest BCUT2D eigenvalue weighted by Gasteiger charge is 2.02. The lowest BCUT2D eigenvalue weighted by Crippen LogP contribution is -2.13. The molecule has 0 saturated heterocycles. The van der Waals surface area contributed by atoms with Crippen LogP contribution >= 0.6 is 11.6 Å². The third kappa shape index (κ3) is 6.50. The van der Waals surface area contributed by atoms with Crippen molar-refractivity contribution in [2.75, 3.05) is 12.5 Å². The van der Waals surface area contributed by atoms with Crippen molar-refractivity contribution in [1.29, 1.82) is 0 Å². The molecule has 3 heteroatoms. The number of ether oxygens (including phenoxy) is 2. The van der Waals surface area contributed by atoms with E-state index in [-0.39, 0.29) is 6.29 Å². The van der Waals surface area contributed by atoms with Gasteiger partial charge >= 0.3 is 0 Å². The molecular formula is C9H17ClO2. The van der Waals surface area contributed by atoms with E-state index >= 15 is 0 Å². The molecule has 0 fully saturated rings. The second-order valence-corrected chi connectivity index (χ2v) is 2.85. The first-order chi connectivity index (χ1) is 5.70. The van der Waals surface area contributed by atoms with E-state index in [4.69, 9.17) is 21.1 Å². The highest BCUT2D eigenvalue weighted by atomic mass is 35.5. The zero-order chi connectivity index (χ0) is 9.40. The predicted molar refractivity (Wildman–Crippen MR) is 51.3 cm³/mol. The summed E-state index contributed by atoms with van der Waals surface area (Å²) in [4.78, 5) is 0. The largest absolute Gasteiger partial charge is 0.469 e. The van der Waals surface area contributed by atoms with E-state index in [9.17, 15) is 0 Å². The number of alkyl halides is 1. The van der Waals surface area contributed by atoms with Gasteiger partial charge in [-0.05, 0) is 13.3 Å². The van der Waals surface area contributed by atoms with Crippen molar-refractivity contribution < 1.29 is 9.47 Å². The molecule has 0 bridgehead atoms. The lowest BCUT2D eigenvalue weighted by molar-refractivity contribution is -0.103. The molecule has 0 aliphatic rings. The molecule has 0 aliphatic carbocycles. The van der Waals surface area contributed by atoms with Gasteiger partial charge in [0, 0.05) is 0 Å². The van der Waals surface area contributed by atoms with Gasteiger partial charge in [-0.25, -0.2) is 0 Å². The Bertz CT molecular complexity index is 126. The fourth-order valence-electron chi connectivity index (χ4n) is 0.694. The minimum absolute atomic E-state index is 0.234. The fraction of sp³-hybridized carbons (Fsp3) is 0.778. The number of hydrogen-bond donors (Lipinski definition) is 0. The molecule has 0 aromatic carbocycles. The van der Waals surface area contributed by atoms with Crippen LogP contribution in [0.25, 0.3) is 0 Å². The van der Waals surface area contributed by atoms with E-state index in [0.717, 1.165) is 19.4 Å². The molecule has 0 spiro atoms. The van der Waals surface area contributed by atoms with Crippen LogP contribution in [0.5, 0.6) is 0 Å². The van der Waals surface area contributed by atoms with E-state index in [1.165, 1.54) is 0 Å². The maximum Gasteiger partial charge on any atom is 0.196 e. The minimum Gasteiger partial charge on any atom is -0.469 e. The maximum atomic E-state index is 5.48. The van der Waals surface area contributed by atoms with Crippen molar-refractivity contribution in [3.05, 3.63) is 12.3 Å². The summed E-state index contributed by atoms with van der Waals surface area (Å²) < 4.78 is 10.5. The number of unbranched alkanes of at least 4 members (excludes halogenated alkanes) is 1. The van der Waals surface area contributed by atoms with E-state index < -0.39 is 0 Å². The van der Waals surface area contributed by atoms with E-state index in [2.05, 4.69) is 13.5 Å². The van der Waals surface area contributed by atoms with Crippen LogP contribution in [0.3, 0.4) is 0 Å². The molecule has 0 radical (unpaired) electrons. The number of allylic oxidation sites excluding steroid dienone is 1. The highest BCUT2D eigenvalue weighted by Crippen LogP contribution is 2.04. The molecule has 1 atom stereocenters. The first-order valence-corrected chi connectivity index (χ1v) is 4.76. The Kier molecular flexibility index (Phi) is 7.31. The lowest BCUT2D eigenvalue weighted by atomic mass is 10.4. The number of hydrogen-bond acceptors (Lipinski definition) is 2. The molecule has 12 heavy (non-hydrogen) atoms. The molecule has 0 aromatic heterocycles. The minimum atomic E-state index is -0.234. The zero-order valence-corrected chi connectivity index (χ0v) is 8.56. The van der Waals surface area contributed by atoms with Crippen LogP contribution in [0.4, 0.5) is 0 Å². The van der Waals surface area contributed by atoms with Crippen molar-refractivity contribution in [2.24, 2.45) is 0 Å². The molecule has 0 saturated carbocycles. The average Bonchev–Trinajstić information content (AvgIpc) is 2.05. The van der Waals surface area contributed by atoms with Gasteiger partial charge in [0.2, 0.25) is 0 Å². The normalized spacial score (nSPS) is 12.6. The molecule has 1 unspecified atom stereocenters. The number of halogens is 1. The Morgan fingerprint density at radius 3 is 2.75 bits per heavy atom. The van der Waals surface area contributed by atoms with Crippen molar-refractivity contribution in [2.45, 2.75) is 33.0 Å². The Labute approximate surface area is 79.5 Å². The van der Waals surface area contributed by atoms with Crippen LogP contribution in [-0.2, 0) is 9.47 Å². The summed E-state index contributed by atoms with van der Waals surface area (Å²) in [5.41, 5.74) is 0. The van der Waals surface area contributed by atoms with Gasteiger partial charge in [0.05, 0.1) is 12.5 Å². The monoisotopic (exact) mass is 192 g/mol. The summed E-state index contributed by atoms with van der Waals surface area (Å²) in [6.45, 7) is 8.29. The summed E-state index contributed by atoms with van der Waals surface area (Å²) in [5, 5.41) is 0. The molecule has 0 rings (SSSR count). The van der Waals surface area contributed by atoms with Crippen LogP contribution in [-0.4, -0.2) is 18.8 Å². The standard InChI is InChI=1S/C9H17ClO2/c1-4-5-6-11-9(3)12-8(2)7-10/h9H,2,4-7H2,1,3H3. The maximum absolute atomic E-state index is 5.48. The molecule has 0 aromatic rings. The molecule has 0 aliphatic heterocycles. The molecule has 72 valence electrons. The Hall–Kier alpha value is -0.210. The summed E-state index contributed by atoms with van der Waals surface area (Å²) in [5.74, 6) is 0.877. The summed E-state index contributed by atoms with van der Waals surface area (Å²) in [6.07, 6.45) is 1.95. The van der Waals surface area contributed by atoms with E-state index in [1.807, 2.05) is 6.92 Å².